The van der Waals surface area contributed by atoms with Crippen molar-refractivity contribution in [3.05, 3.63) is 71.8 Å². The average Bonchev–Trinajstić information content (AvgIpc) is 3.09. The number of ether oxygens (including phenoxy) is 1. The van der Waals surface area contributed by atoms with Crippen LogP contribution in [0.25, 0.3) is 0 Å². The lowest BCUT2D eigenvalue weighted by molar-refractivity contribution is -0.146. The van der Waals surface area contributed by atoms with Gasteiger partial charge in [0.1, 0.15) is 0 Å². The number of carboxylic acids is 1. The Morgan fingerprint density at radius 3 is 2.00 bits per heavy atom. The van der Waals surface area contributed by atoms with Gasteiger partial charge in [0.05, 0.1) is 11.8 Å². The molecule has 2 aromatic carbocycles. The number of carbonyl (C=O) groups is 2. The van der Waals surface area contributed by atoms with Crippen molar-refractivity contribution in [1.82, 2.24) is 4.90 Å². The van der Waals surface area contributed by atoms with Gasteiger partial charge in [-0.3, -0.25) is 9.59 Å². The van der Waals surface area contributed by atoms with Crippen LogP contribution in [0.5, 0.6) is 0 Å². The third-order valence-electron chi connectivity index (χ3n) is 6.26. The van der Waals surface area contributed by atoms with E-state index in [9.17, 15) is 14.7 Å². The molecule has 146 valence electrons. The molecular weight excluding hydrogens is 354 g/mol. The molecule has 28 heavy (non-hydrogen) atoms. The van der Waals surface area contributed by atoms with Crippen LogP contribution in [0, 0.1) is 11.3 Å². The fourth-order valence-electron chi connectivity index (χ4n) is 4.71. The minimum atomic E-state index is -0.812. The van der Waals surface area contributed by atoms with Gasteiger partial charge in [0.2, 0.25) is 5.91 Å². The van der Waals surface area contributed by atoms with E-state index in [0.29, 0.717) is 32.6 Å². The molecule has 2 fully saturated rings. The fourth-order valence-corrected chi connectivity index (χ4v) is 4.71. The number of carboxylic acid groups (broad SMARTS) is 1. The van der Waals surface area contributed by atoms with E-state index < -0.39 is 17.8 Å². The van der Waals surface area contributed by atoms with E-state index in [-0.39, 0.29) is 17.9 Å². The van der Waals surface area contributed by atoms with E-state index in [1.54, 1.807) is 4.90 Å². The third kappa shape index (κ3) is 3.42. The van der Waals surface area contributed by atoms with Crippen molar-refractivity contribution in [3.8, 4) is 0 Å². The van der Waals surface area contributed by atoms with Crippen molar-refractivity contribution >= 4 is 11.9 Å². The second-order valence-corrected chi connectivity index (χ2v) is 7.84. The Kier molecular flexibility index (Phi) is 5.18. The van der Waals surface area contributed by atoms with Crippen LogP contribution in [0.4, 0.5) is 0 Å². The van der Waals surface area contributed by atoms with Crippen LogP contribution in [0.1, 0.15) is 29.9 Å². The highest BCUT2D eigenvalue weighted by atomic mass is 16.5. The van der Waals surface area contributed by atoms with E-state index in [0.717, 1.165) is 11.1 Å². The topological polar surface area (TPSA) is 66.8 Å². The maximum atomic E-state index is 13.6. The SMILES string of the molecule is O=C(O)C1CN(C(=O)C(c2ccccc2)c2ccccc2)CC12CCOCC2. The first kappa shape index (κ1) is 18.7. The Bertz CT molecular complexity index is 791. The first-order valence-corrected chi connectivity index (χ1v) is 9.80. The molecule has 0 aromatic heterocycles. The molecule has 2 aliphatic heterocycles. The van der Waals surface area contributed by atoms with E-state index in [1.165, 1.54) is 0 Å². The summed E-state index contributed by atoms with van der Waals surface area (Å²) in [4.78, 5) is 27.4. The predicted molar refractivity (Wildman–Crippen MR) is 105 cm³/mol. The summed E-state index contributed by atoms with van der Waals surface area (Å²) in [5.74, 6) is -1.79. The quantitative estimate of drug-likeness (QED) is 0.886. The summed E-state index contributed by atoms with van der Waals surface area (Å²) in [7, 11) is 0. The number of nitrogens with zero attached hydrogens (tertiary/aromatic N) is 1. The number of amides is 1. The smallest absolute Gasteiger partial charge is 0.308 e. The molecule has 2 saturated heterocycles. The second kappa shape index (κ2) is 7.76. The molecule has 0 bridgehead atoms. The molecule has 2 heterocycles. The van der Waals surface area contributed by atoms with Crippen molar-refractivity contribution < 1.29 is 19.4 Å². The first-order chi connectivity index (χ1) is 13.6. The molecular formula is C23H25NO4. The third-order valence-corrected chi connectivity index (χ3v) is 6.26. The number of hydrogen-bond donors (Lipinski definition) is 1. The Labute approximate surface area is 164 Å². The number of benzene rings is 2. The van der Waals surface area contributed by atoms with Gasteiger partial charge in [0.15, 0.2) is 0 Å². The van der Waals surface area contributed by atoms with Gasteiger partial charge in [-0.05, 0) is 24.0 Å². The Hall–Kier alpha value is -2.66. The van der Waals surface area contributed by atoms with Gasteiger partial charge in [0.25, 0.3) is 0 Å². The van der Waals surface area contributed by atoms with Crippen molar-refractivity contribution in [2.45, 2.75) is 18.8 Å². The van der Waals surface area contributed by atoms with Crippen LogP contribution in [0.2, 0.25) is 0 Å². The largest absolute Gasteiger partial charge is 0.481 e. The summed E-state index contributed by atoms with van der Waals surface area (Å²) in [5, 5.41) is 9.82. The summed E-state index contributed by atoms with van der Waals surface area (Å²) in [6.45, 7) is 1.88. The molecule has 1 spiro atoms. The maximum absolute atomic E-state index is 13.6. The molecule has 5 nitrogen and oxygen atoms in total. The molecule has 5 heteroatoms. The molecule has 0 radical (unpaired) electrons. The lowest BCUT2D eigenvalue weighted by atomic mass is 9.72. The van der Waals surface area contributed by atoms with Gasteiger partial charge >= 0.3 is 5.97 Å². The zero-order valence-corrected chi connectivity index (χ0v) is 15.8. The van der Waals surface area contributed by atoms with Crippen LogP contribution >= 0.6 is 0 Å². The highest BCUT2D eigenvalue weighted by Crippen LogP contribution is 2.45. The lowest BCUT2D eigenvalue weighted by Gasteiger charge is -2.36. The average molecular weight is 379 g/mol. The molecule has 1 atom stereocenters. The number of carbonyl (C=O) groups excluding carboxylic acids is 1. The molecule has 1 N–H and O–H groups in total. The van der Waals surface area contributed by atoms with Gasteiger partial charge in [-0.2, -0.15) is 0 Å². The van der Waals surface area contributed by atoms with Crippen LogP contribution in [0.15, 0.2) is 60.7 Å². The monoisotopic (exact) mass is 379 g/mol. The lowest BCUT2D eigenvalue weighted by Crippen LogP contribution is -2.40. The number of hydrogen-bond acceptors (Lipinski definition) is 3. The minimum Gasteiger partial charge on any atom is -0.481 e. The van der Waals surface area contributed by atoms with Crippen LogP contribution in [-0.4, -0.2) is 48.2 Å². The molecule has 1 unspecified atom stereocenters. The van der Waals surface area contributed by atoms with Crippen molar-refractivity contribution in [3.63, 3.8) is 0 Å². The van der Waals surface area contributed by atoms with Crippen molar-refractivity contribution in [1.29, 1.82) is 0 Å². The van der Waals surface area contributed by atoms with E-state index >= 15 is 0 Å². The zero-order chi connectivity index (χ0) is 19.6. The second-order valence-electron chi connectivity index (χ2n) is 7.84. The van der Waals surface area contributed by atoms with Crippen LogP contribution in [0.3, 0.4) is 0 Å². The summed E-state index contributed by atoms with van der Waals surface area (Å²) in [6.07, 6.45) is 1.38. The molecule has 1 amide bonds. The summed E-state index contributed by atoms with van der Waals surface area (Å²) < 4.78 is 5.47. The van der Waals surface area contributed by atoms with E-state index in [2.05, 4.69) is 0 Å². The van der Waals surface area contributed by atoms with Gasteiger partial charge in [-0.15, -0.1) is 0 Å². The zero-order valence-electron chi connectivity index (χ0n) is 15.8. The fraction of sp³-hybridized carbons (Fsp3) is 0.391. The summed E-state index contributed by atoms with van der Waals surface area (Å²) >= 11 is 0. The minimum absolute atomic E-state index is 0.0213. The molecule has 0 saturated carbocycles. The normalized spacial score (nSPS) is 21.2. The number of aliphatic carboxylic acids is 1. The maximum Gasteiger partial charge on any atom is 0.308 e. The standard InChI is InChI=1S/C23H25NO4/c25-21(20(17-7-3-1-4-8-17)18-9-5-2-6-10-18)24-15-19(22(26)27)23(16-24)11-13-28-14-12-23/h1-10,19-20H,11-16H2,(H,26,27). The Balaban J connectivity index is 1.67. The van der Waals surface area contributed by atoms with Crippen molar-refractivity contribution in [2.24, 2.45) is 11.3 Å². The van der Waals surface area contributed by atoms with Gasteiger partial charge in [-0.25, -0.2) is 0 Å². The predicted octanol–water partition coefficient (Wildman–Crippen LogP) is 3.16. The van der Waals surface area contributed by atoms with Crippen molar-refractivity contribution in [2.75, 3.05) is 26.3 Å². The molecule has 0 aliphatic carbocycles. The Morgan fingerprint density at radius 2 is 1.50 bits per heavy atom. The van der Waals surface area contributed by atoms with E-state index in [4.69, 9.17) is 4.74 Å². The van der Waals surface area contributed by atoms with E-state index in [1.807, 2.05) is 60.7 Å². The molecule has 4 rings (SSSR count). The molecule has 2 aromatic rings. The number of rotatable bonds is 4. The summed E-state index contributed by atoms with van der Waals surface area (Å²) in [5.41, 5.74) is 1.48. The highest BCUT2D eigenvalue weighted by molar-refractivity contribution is 5.88. The molecule has 2 aliphatic rings. The highest BCUT2D eigenvalue weighted by Gasteiger charge is 2.52. The van der Waals surface area contributed by atoms with Gasteiger partial charge < -0.3 is 14.7 Å². The Morgan fingerprint density at radius 1 is 0.964 bits per heavy atom. The van der Waals surface area contributed by atoms with Crippen LogP contribution in [-0.2, 0) is 14.3 Å². The number of likely N-dealkylation sites (tertiary alicyclic amines) is 1. The van der Waals surface area contributed by atoms with Gasteiger partial charge in [0, 0.05) is 31.7 Å². The van der Waals surface area contributed by atoms with Crippen LogP contribution < -0.4 is 0 Å². The first-order valence-electron chi connectivity index (χ1n) is 9.80. The summed E-state index contributed by atoms with van der Waals surface area (Å²) in [6, 6.07) is 19.5. The van der Waals surface area contributed by atoms with Gasteiger partial charge in [-0.1, -0.05) is 60.7 Å².